The SMILES string of the molecule is CC1=CN(COc2ccc(C(=O)n3c(C)cc4c(CC(=O)O)cccc43)cc2)Oc2ccc(C(F)(F)F)cc21. The normalized spacial score (nSPS) is 13.1. The summed E-state index contributed by atoms with van der Waals surface area (Å²) >= 11 is 0. The van der Waals surface area contributed by atoms with Gasteiger partial charge in [0, 0.05) is 28.4 Å². The second kappa shape index (κ2) is 9.86. The summed E-state index contributed by atoms with van der Waals surface area (Å²) in [6, 6.07) is 16.9. The van der Waals surface area contributed by atoms with Crippen molar-refractivity contribution in [2.45, 2.75) is 26.4 Å². The molecule has 0 bridgehead atoms. The summed E-state index contributed by atoms with van der Waals surface area (Å²) in [5.41, 5.74) is 2.54. The molecule has 0 atom stereocenters. The third-order valence-electron chi connectivity index (χ3n) is 6.41. The summed E-state index contributed by atoms with van der Waals surface area (Å²) in [5.74, 6) is -0.477. The highest BCUT2D eigenvalue weighted by molar-refractivity contribution is 6.04. The third-order valence-corrected chi connectivity index (χ3v) is 6.41. The van der Waals surface area contributed by atoms with Crippen molar-refractivity contribution in [3.8, 4) is 11.5 Å². The zero-order chi connectivity index (χ0) is 27.9. The monoisotopic (exact) mass is 536 g/mol. The van der Waals surface area contributed by atoms with Crippen molar-refractivity contribution < 1.29 is 37.4 Å². The number of halogens is 3. The van der Waals surface area contributed by atoms with Gasteiger partial charge in [-0.15, -0.1) is 0 Å². The molecule has 1 N–H and O–H groups in total. The summed E-state index contributed by atoms with van der Waals surface area (Å²) in [5, 5.41) is 11.3. The fourth-order valence-corrected chi connectivity index (χ4v) is 4.57. The molecule has 0 aliphatic carbocycles. The van der Waals surface area contributed by atoms with Gasteiger partial charge in [0.05, 0.1) is 17.5 Å². The Morgan fingerprint density at radius 2 is 1.74 bits per heavy atom. The van der Waals surface area contributed by atoms with Crippen LogP contribution in [0.4, 0.5) is 13.2 Å². The van der Waals surface area contributed by atoms with E-state index in [9.17, 15) is 27.9 Å². The van der Waals surface area contributed by atoms with Crippen molar-refractivity contribution >= 4 is 28.4 Å². The number of alkyl halides is 3. The molecule has 200 valence electrons. The van der Waals surface area contributed by atoms with Gasteiger partial charge in [0.15, 0.2) is 12.5 Å². The Hall–Kier alpha value is -4.73. The second-order valence-corrected chi connectivity index (χ2v) is 9.17. The fraction of sp³-hybridized carbons (Fsp3) is 0.172. The largest absolute Gasteiger partial charge is 0.481 e. The highest BCUT2D eigenvalue weighted by Gasteiger charge is 2.32. The maximum Gasteiger partial charge on any atom is 0.416 e. The lowest BCUT2D eigenvalue weighted by molar-refractivity contribution is -0.138. The Balaban J connectivity index is 1.28. The van der Waals surface area contributed by atoms with E-state index in [1.807, 2.05) is 0 Å². The van der Waals surface area contributed by atoms with E-state index < -0.39 is 17.7 Å². The number of ether oxygens (including phenoxy) is 1. The first-order valence-corrected chi connectivity index (χ1v) is 12.0. The molecule has 1 aliphatic heterocycles. The van der Waals surface area contributed by atoms with Crippen LogP contribution < -0.4 is 9.57 Å². The number of fused-ring (bicyclic) bond motifs is 2. The average molecular weight is 537 g/mol. The number of hydrogen-bond donors (Lipinski definition) is 1. The van der Waals surface area contributed by atoms with Crippen molar-refractivity contribution in [1.29, 1.82) is 0 Å². The van der Waals surface area contributed by atoms with Crippen molar-refractivity contribution in [2.75, 3.05) is 6.73 Å². The van der Waals surface area contributed by atoms with Gasteiger partial charge in [-0.2, -0.15) is 18.2 Å². The molecule has 0 saturated heterocycles. The Labute approximate surface area is 221 Å². The van der Waals surface area contributed by atoms with Crippen LogP contribution in [-0.2, 0) is 17.4 Å². The smallest absolute Gasteiger partial charge is 0.416 e. The molecule has 0 amide bonds. The summed E-state index contributed by atoms with van der Waals surface area (Å²) in [4.78, 5) is 30.2. The Morgan fingerprint density at radius 3 is 2.44 bits per heavy atom. The van der Waals surface area contributed by atoms with Crippen LogP contribution in [0.2, 0.25) is 0 Å². The Morgan fingerprint density at radius 1 is 1.00 bits per heavy atom. The third kappa shape index (κ3) is 5.18. The molecule has 0 spiro atoms. The molecule has 2 heterocycles. The second-order valence-electron chi connectivity index (χ2n) is 9.17. The highest BCUT2D eigenvalue weighted by atomic mass is 19.4. The quantitative estimate of drug-likeness (QED) is 0.312. The lowest BCUT2D eigenvalue weighted by Crippen LogP contribution is -2.29. The van der Waals surface area contributed by atoms with E-state index in [2.05, 4.69) is 0 Å². The average Bonchev–Trinajstić information content (AvgIpc) is 3.23. The predicted molar refractivity (Wildman–Crippen MR) is 137 cm³/mol. The summed E-state index contributed by atoms with van der Waals surface area (Å²) < 4.78 is 46.4. The molecule has 10 heteroatoms. The Bertz CT molecular complexity index is 1620. The Kier molecular flexibility index (Phi) is 6.55. The van der Waals surface area contributed by atoms with Gasteiger partial charge < -0.3 is 14.7 Å². The van der Waals surface area contributed by atoms with Crippen LogP contribution in [0.5, 0.6) is 11.5 Å². The summed E-state index contributed by atoms with van der Waals surface area (Å²) in [7, 11) is 0. The number of aliphatic carboxylic acids is 1. The lowest BCUT2D eigenvalue weighted by atomic mass is 10.0. The number of hydrogen-bond acceptors (Lipinski definition) is 5. The topological polar surface area (TPSA) is 81.0 Å². The van der Waals surface area contributed by atoms with Gasteiger partial charge >= 0.3 is 12.1 Å². The van der Waals surface area contributed by atoms with Gasteiger partial charge in [0.1, 0.15) is 5.75 Å². The zero-order valence-electron chi connectivity index (χ0n) is 21.0. The van der Waals surface area contributed by atoms with Crippen LogP contribution >= 0.6 is 0 Å². The molecule has 4 aromatic rings. The number of carboxylic acid groups (broad SMARTS) is 1. The molecular weight excluding hydrogens is 513 g/mol. The van der Waals surface area contributed by atoms with E-state index in [0.29, 0.717) is 44.6 Å². The minimum Gasteiger partial charge on any atom is -0.481 e. The fourth-order valence-electron chi connectivity index (χ4n) is 4.57. The van der Waals surface area contributed by atoms with Gasteiger partial charge in [-0.1, -0.05) is 12.1 Å². The maximum absolute atomic E-state index is 13.3. The molecule has 1 aromatic heterocycles. The predicted octanol–water partition coefficient (Wildman–Crippen LogP) is 6.29. The molecule has 3 aromatic carbocycles. The molecular formula is C29H23F3N2O5. The van der Waals surface area contributed by atoms with E-state index in [4.69, 9.17) is 9.57 Å². The number of aryl methyl sites for hydroxylation is 1. The number of rotatable bonds is 6. The molecule has 5 rings (SSSR count). The van der Waals surface area contributed by atoms with Crippen LogP contribution in [0.15, 0.2) is 72.9 Å². The first kappa shape index (κ1) is 25.9. The minimum atomic E-state index is -4.44. The first-order chi connectivity index (χ1) is 18.5. The summed E-state index contributed by atoms with van der Waals surface area (Å²) in [6.07, 6.45) is -3.03. The van der Waals surface area contributed by atoms with Crippen LogP contribution in [0, 0.1) is 6.92 Å². The van der Waals surface area contributed by atoms with E-state index >= 15 is 0 Å². The zero-order valence-corrected chi connectivity index (χ0v) is 21.0. The first-order valence-electron chi connectivity index (χ1n) is 12.0. The standard InChI is InChI=1S/C29H23F3N2O5/c1-17-15-33(39-26-11-8-21(14-23(17)26)29(30,31)32)16-38-22-9-6-19(7-10-22)28(37)34-18(2)12-24-20(13-27(35)36)4-3-5-25(24)34/h3-12,14-15H,13,16H2,1-2H3,(H,35,36). The van der Waals surface area contributed by atoms with Crippen molar-refractivity contribution in [3.63, 3.8) is 0 Å². The number of aromatic nitrogens is 1. The minimum absolute atomic E-state index is 0.0429. The van der Waals surface area contributed by atoms with E-state index in [-0.39, 0.29) is 24.8 Å². The number of hydroxylamine groups is 2. The van der Waals surface area contributed by atoms with Gasteiger partial charge in [-0.05, 0) is 79.6 Å². The van der Waals surface area contributed by atoms with Crippen molar-refractivity contribution in [1.82, 2.24) is 9.63 Å². The molecule has 39 heavy (non-hydrogen) atoms. The molecule has 0 radical (unpaired) electrons. The van der Waals surface area contributed by atoms with Crippen LogP contribution in [-0.4, -0.2) is 33.3 Å². The molecule has 7 nitrogen and oxygen atoms in total. The van der Waals surface area contributed by atoms with E-state index in [1.165, 1.54) is 11.1 Å². The number of carboxylic acids is 1. The number of carbonyl (C=O) groups is 2. The number of carbonyl (C=O) groups excluding carboxylic acids is 1. The molecule has 0 saturated carbocycles. The van der Waals surface area contributed by atoms with Gasteiger partial charge in [0.25, 0.3) is 5.91 Å². The number of benzene rings is 3. The molecule has 0 unspecified atom stereocenters. The highest BCUT2D eigenvalue weighted by Crippen LogP contribution is 2.37. The van der Waals surface area contributed by atoms with Gasteiger partial charge in [0.2, 0.25) is 0 Å². The van der Waals surface area contributed by atoms with E-state index in [1.54, 1.807) is 73.1 Å². The van der Waals surface area contributed by atoms with Crippen LogP contribution in [0.1, 0.15) is 39.7 Å². The molecule has 0 fully saturated rings. The number of allylic oxidation sites excluding steroid dienone is 1. The summed E-state index contributed by atoms with van der Waals surface area (Å²) in [6.45, 7) is 3.43. The van der Waals surface area contributed by atoms with Crippen molar-refractivity contribution in [3.05, 3.63) is 101 Å². The van der Waals surface area contributed by atoms with Gasteiger partial charge in [-0.3, -0.25) is 14.2 Å². The van der Waals surface area contributed by atoms with Gasteiger partial charge in [-0.25, -0.2) is 0 Å². The maximum atomic E-state index is 13.3. The van der Waals surface area contributed by atoms with Crippen molar-refractivity contribution in [2.24, 2.45) is 0 Å². The van der Waals surface area contributed by atoms with Crippen LogP contribution in [0.3, 0.4) is 0 Å². The lowest BCUT2D eigenvalue weighted by Gasteiger charge is -2.27. The number of nitrogens with zero attached hydrogens (tertiary/aromatic N) is 2. The van der Waals surface area contributed by atoms with Crippen LogP contribution in [0.25, 0.3) is 16.5 Å². The van der Waals surface area contributed by atoms with E-state index in [0.717, 1.165) is 12.1 Å². The molecule has 1 aliphatic rings.